The second-order valence-electron chi connectivity index (χ2n) is 6.79. The van der Waals surface area contributed by atoms with Gasteiger partial charge in [-0.05, 0) is 37.1 Å². The van der Waals surface area contributed by atoms with Crippen LogP contribution in [0.25, 0.3) is 0 Å². The van der Waals surface area contributed by atoms with Gasteiger partial charge in [-0.25, -0.2) is 4.98 Å². The maximum atomic E-state index is 12.4. The van der Waals surface area contributed by atoms with E-state index in [1.54, 1.807) is 37.6 Å². The van der Waals surface area contributed by atoms with Crippen LogP contribution in [0.2, 0.25) is 0 Å². The Morgan fingerprint density at radius 2 is 1.93 bits per heavy atom. The van der Waals surface area contributed by atoms with Gasteiger partial charge in [0, 0.05) is 29.9 Å². The first kappa shape index (κ1) is 19.1. The molecule has 1 aliphatic carbocycles. The lowest BCUT2D eigenvalue weighted by molar-refractivity contribution is 0.0438. The van der Waals surface area contributed by atoms with Crippen LogP contribution in [0.1, 0.15) is 23.2 Å². The minimum absolute atomic E-state index is 0.197. The van der Waals surface area contributed by atoms with Gasteiger partial charge in [-0.15, -0.1) is 0 Å². The third-order valence-corrected chi connectivity index (χ3v) is 4.77. The van der Waals surface area contributed by atoms with E-state index in [-0.39, 0.29) is 19.1 Å². The van der Waals surface area contributed by atoms with Gasteiger partial charge < -0.3 is 25.0 Å². The minimum Gasteiger partial charge on any atom is -0.497 e. The molecule has 1 amide bonds. The minimum atomic E-state index is -0.853. The first-order valence-corrected chi connectivity index (χ1v) is 8.68. The summed E-state index contributed by atoms with van der Waals surface area (Å²) >= 11 is 0. The Hall–Kier alpha value is -2.71. The molecule has 1 fully saturated rings. The zero-order chi connectivity index (χ0) is 19.3. The third kappa shape index (κ3) is 4.72. The lowest BCUT2D eigenvalue weighted by Crippen LogP contribution is -2.40. The molecule has 27 heavy (non-hydrogen) atoms. The number of methoxy groups -OCH3 is 1. The van der Waals surface area contributed by atoms with E-state index < -0.39 is 17.6 Å². The average molecular weight is 373 g/mol. The summed E-state index contributed by atoms with van der Waals surface area (Å²) in [6, 6.07) is 6.78. The molecule has 0 spiro atoms. The normalized spacial score (nSPS) is 24.4. The number of nitrogens with zero attached hydrogens (tertiary/aromatic N) is 2. The van der Waals surface area contributed by atoms with Crippen LogP contribution in [0, 0.1) is 5.41 Å². The molecule has 0 bridgehead atoms. The van der Waals surface area contributed by atoms with Crippen molar-refractivity contribution in [2.45, 2.75) is 25.0 Å². The highest BCUT2D eigenvalue weighted by Gasteiger charge is 2.45. The van der Waals surface area contributed by atoms with Crippen LogP contribution in [0.3, 0.4) is 0 Å². The van der Waals surface area contributed by atoms with Crippen LogP contribution in [0.4, 0.5) is 0 Å². The number of hydrogen-bond donors (Lipinski definition) is 3. The van der Waals surface area contributed by atoms with Crippen molar-refractivity contribution < 1.29 is 24.5 Å². The number of rotatable bonds is 7. The molecule has 2 aromatic rings. The van der Waals surface area contributed by atoms with Crippen LogP contribution in [0.5, 0.6) is 11.6 Å². The predicted molar refractivity (Wildman–Crippen MR) is 96.5 cm³/mol. The summed E-state index contributed by atoms with van der Waals surface area (Å²) in [5.74, 6) is 0.782. The fraction of sp³-hybridized carbons (Fsp3) is 0.421. The number of aliphatic hydroxyl groups excluding tert-OH is 2. The molecule has 1 heterocycles. The Balaban J connectivity index is 1.65. The fourth-order valence-electron chi connectivity index (χ4n) is 3.26. The summed E-state index contributed by atoms with van der Waals surface area (Å²) in [5, 5.41) is 22.9. The second-order valence-corrected chi connectivity index (χ2v) is 6.79. The summed E-state index contributed by atoms with van der Waals surface area (Å²) in [6.45, 7) is 0.453. The molecule has 0 radical (unpaired) electrons. The predicted octanol–water partition coefficient (Wildman–Crippen LogP) is 0.796. The molecule has 8 heteroatoms. The molecule has 1 aromatic carbocycles. The van der Waals surface area contributed by atoms with Crippen molar-refractivity contribution in [3.63, 3.8) is 0 Å². The topological polar surface area (TPSA) is 114 Å². The summed E-state index contributed by atoms with van der Waals surface area (Å²) < 4.78 is 10.8. The number of hydrogen-bond acceptors (Lipinski definition) is 7. The molecule has 144 valence electrons. The molecule has 3 rings (SSSR count). The summed E-state index contributed by atoms with van der Waals surface area (Å²) in [5.41, 5.74) is -0.0988. The van der Waals surface area contributed by atoms with Crippen molar-refractivity contribution in [1.29, 1.82) is 0 Å². The van der Waals surface area contributed by atoms with Gasteiger partial charge in [0.25, 0.3) is 5.91 Å². The highest BCUT2D eigenvalue weighted by Crippen LogP contribution is 2.38. The van der Waals surface area contributed by atoms with Gasteiger partial charge in [0.2, 0.25) is 5.88 Å². The summed E-state index contributed by atoms with van der Waals surface area (Å²) in [4.78, 5) is 20.4. The monoisotopic (exact) mass is 373 g/mol. The molecule has 1 saturated carbocycles. The van der Waals surface area contributed by atoms with Crippen molar-refractivity contribution in [1.82, 2.24) is 15.3 Å². The number of amides is 1. The molecular weight excluding hydrogens is 350 g/mol. The largest absolute Gasteiger partial charge is 0.497 e. The van der Waals surface area contributed by atoms with Crippen molar-refractivity contribution in [2.75, 3.05) is 20.3 Å². The van der Waals surface area contributed by atoms with Gasteiger partial charge in [0.05, 0.1) is 32.1 Å². The van der Waals surface area contributed by atoms with Crippen LogP contribution < -0.4 is 14.8 Å². The number of benzene rings is 1. The molecule has 2 unspecified atom stereocenters. The van der Waals surface area contributed by atoms with Crippen LogP contribution in [-0.2, 0) is 0 Å². The zero-order valence-corrected chi connectivity index (χ0v) is 15.0. The van der Waals surface area contributed by atoms with E-state index in [1.807, 2.05) is 0 Å². The summed E-state index contributed by atoms with van der Waals surface area (Å²) in [7, 11) is 1.56. The van der Waals surface area contributed by atoms with E-state index >= 15 is 0 Å². The first-order valence-electron chi connectivity index (χ1n) is 8.68. The van der Waals surface area contributed by atoms with E-state index in [9.17, 15) is 15.0 Å². The molecule has 8 nitrogen and oxygen atoms in total. The summed E-state index contributed by atoms with van der Waals surface area (Å²) in [6.07, 6.45) is 3.48. The molecular formula is C19H23N3O5. The molecule has 0 aliphatic heterocycles. The van der Waals surface area contributed by atoms with Crippen LogP contribution in [-0.4, -0.2) is 58.6 Å². The number of aromatic nitrogens is 2. The van der Waals surface area contributed by atoms with Gasteiger partial charge >= 0.3 is 0 Å². The molecule has 3 N–H and O–H groups in total. The highest BCUT2D eigenvalue weighted by molar-refractivity contribution is 5.94. The smallest absolute Gasteiger partial charge is 0.251 e. The van der Waals surface area contributed by atoms with Crippen LogP contribution in [0.15, 0.2) is 42.9 Å². The Morgan fingerprint density at radius 1 is 1.22 bits per heavy atom. The number of carbonyl (C=O) groups is 1. The van der Waals surface area contributed by atoms with E-state index in [1.165, 1.54) is 12.4 Å². The highest BCUT2D eigenvalue weighted by atomic mass is 16.5. The van der Waals surface area contributed by atoms with E-state index in [2.05, 4.69) is 15.3 Å². The van der Waals surface area contributed by atoms with E-state index in [4.69, 9.17) is 9.47 Å². The molecule has 2 atom stereocenters. The van der Waals surface area contributed by atoms with Gasteiger partial charge in [0.15, 0.2) is 0 Å². The van der Waals surface area contributed by atoms with Crippen LogP contribution >= 0.6 is 0 Å². The molecule has 1 aromatic heterocycles. The quantitative estimate of drug-likeness (QED) is 0.658. The van der Waals surface area contributed by atoms with E-state index in [0.29, 0.717) is 30.0 Å². The van der Waals surface area contributed by atoms with Gasteiger partial charge in [-0.3, -0.25) is 9.78 Å². The number of carbonyl (C=O) groups excluding carboxylic acids is 1. The Morgan fingerprint density at radius 3 is 2.52 bits per heavy atom. The maximum Gasteiger partial charge on any atom is 0.251 e. The fourth-order valence-corrected chi connectivity index (χ4v) is 3.26. The van der Waals surface area contributed by atoms with Crippen molar-refractivity contribution in [3.05, 3.63) is 48.4 Å². The van der Waals surface area contributed by atoms with Crippen molar-refractivity contribution >= 4 is 5.91 Å². The van der Waals surface area contributed by atoms with E-state index in [0.717, 1.165) is 0 Å². The zero-order valence-electron chi connectivity index (χ0n) is 15.0. The lowest BCUT2D eigenvalue weighted by atomic mass is 9.86. The standard InChI is InChI=1S/C19H23N3O5/c1-26-14-4-2-13(3-5-14)18(25)22-11-19(8-15(23)16(24)9-19)12-27-17-10-20-6-7-21-17/h2-7,10,15-16,23-24H,8-9,11-12H2,1H3,(H,22,25). The second kappa shape index (κ2) is 8.32. The van der Waals surface area contributed by atoms with Crippen molar-refractivity contribution in [3.8, 4) is 11.6 Å². The number of aliphatic hydroxyl groups is 2. The maximum absolute atomic E-state index is 12.4. The number of nitrogens with one attached hydrogen (secondary N) is 1. The Bertz CT molecular complexity index is 744. The lowest BCUT2D eigenvalue weighted by Gasteiger charge is -2.29. The Kier molecular flexibility index (Phi) is 5.88. The molecule has 0 saturated heterocycles. The van der Waals surface area contributed by atoms with Crippen molar-refractivity contribution in [2.24, 2.45) is 5.41 Å². The average Bonchev–Trinajstić information content (AvgIpc) is 2.99. The van der Waals surface area contributed by atoms with Gasteiger partial charge in [-0.1, -0.05) is 0 Å². The Labute approximate surface area is 157 Å². The molecule has 1 aliphatic rings. The SMILES string of the molecule is COc1ccc(C(=O)NCC2(COc3cnccn3)CC(O)C(O)C2)cc1. The first-order chi connectivity index (χ1) is 13.0. The van der Waals surface area contributed by atoms with Gasteiger partial charge in [-0.2, -0.15) is 0 Å². The van der Waals surface area contributed by atoms with Gasteiger partial charge in [0.1, 0.15) is 5.75 Å². The number of ether oxygens (including phenoxy) is 2. The third-order valence-electron chi connectivity index (χ3n) is 4.77.